The van der Waals surface area contributed by atoms with E-state index in [1.165, 1.54) is 5.56 Å². The quantitative estimate of drug-likeness (QED) is 0.458. The van der Waals surface area contributed by atoms with Gasteiger partial charge in [-0.05, 0) is 25.3 Å². The smallest absolute Gasteiger partial charge is 0.191 e. The maximum absolute atomic E-state index is 5.58. The molecule has 0 aliphatic carbocycles. The Hall–Kier alpha value is -1.59. The van der Waals surface area contributed by atoms with Gasteiger partial charge in [-0.15, -0.1) is 0 Å². The van der Waals surface area contributed by atoms with E-state index in [1.807, 2.05) is 0 Å². The second kappa shape index (κ2) is 9.53. The highest BCUT2D eigenvalue weighted by Crippen LogP contribution is 2.35. The van der Waals surface area contributed by atoms with Crippen molar-refractivity contribution >= 4 is 5.96 Å². The molecule has 5 heteroatoms. The number of hydrogen-bond donors (Lipinski definition) is 2. The van der Waals surface area contributed by atoms with Crippen LogP contribution < -0.4 is 10.6 Å². The fourth-order valence-electron chi connectivity index (χ4n) is 2.94. The first-order valence-electron chi connectivity index (χ1n) is 8.45. The molecule has 0 bridgehead atoms. The Kier molecular flexibility index (Phi) is 7.36. The fraction of sp³-hybridized carbons (Fsp3) is 0.611. The van der Waals surface area contributed by atoms with Gasteiger partial charge in [0.2, 0.25) is 0 Å². The molecule has 0 atom stereocenters. The zero-order chi connectivity index (χ0) is 16.4. The first-order chi connectivity index (χ1) is 11.3. The minimum absolute atomic E-state index is 0.0725. The number of guanidine groups is 1. The summed E-state index contributed by atoms with van der Waals surface area (Å²) in [5, 5.41) is 6.61. The topological polar surface area (TPSA) is 54.9 Å². The maximum atomic E-state index is 5.58. The first kappa shape index (κ1) is 17.8. The van der Waals surface area contributed by atoms with Crippen molar-refractivity contribution in [1.29, 1.82) is 0 Å². The average molecular weight is 319 g/mol. The van der Waals surface area contributed by atoms with Crippen molar-refractivity contribution in [2.24, 2.45) is 4.99 Å². The number of hydrogen-bond acceptors (Lipinski definition) is 3. The van der Waals surface area contributed by atoms with Crippen LogP contribution >= 0.6 is 0 Å². The van der Waals surface area contributed by atoms with E-state index in [4.69, 9.17) is 14.5 Å². The van der Waals surface area contributed by atoms with Crippen LogP contribution in [0, 0.1) is 0 Å². The van der Waals surface area contributed by atoms with E-state index in [9.17, 15) is 0 Å². The second-order valence-corrected chi connectivity index (χ2v) is 5.87. The highest BCUT2D eigenvalue weighted by atomic mass is 16.5. The zero-order valence-corrected chi connectivity index (χ0v) is 14.3. The summed E-state index contributed by atoms with van der Waals surface area (Å²) in [7, 11) is 1.71. The molecule has 5 nitrogen and oxygen atoms in total. The fourth-order valence-corrected chi connectivity index (χ4v) is 2.94. The van der Waals surface area contributed by atoms with E-state index in [-0.39, 0.29) is 5.41 Å². The Balaban J connectivity index is 2.11. The third-order valence-corrected chi connectivity index (χ3v) is 4.32. The van der Waals surface area contributed by atoms with Gasteiger partial charge in [-0.2, -0.15) is 0 Å². The Morgan fingerprint density at radius 1 is 1.22 bits per heavy atom. The molecule has 0 aromatic heterocycles. The molecule has 1 saturated heterocycles. The van der Waals surface area contributed by atoms with Crippen molar-refractivity contribution in [3.05, 3.63) is 35.9 Å². The lowest BCUT2D eigenvalue weighted by Gasteiger charge is -2.36. The van der Waals surface area contributed by atoms with Gasteiger partial charge in [0.15, 0.2) is 5.96 Å². The van der Waals surface area contributed by atoms with Crippen LogP contribution in [0.4, 0.5) is 0 Å². The Morgan fingerprint density at radius 3 is 2.61 bits per heavy atom. The number of methoxy groups -OCH3 is 1. The van der Waals surface area contributed by atoms with Gasteiger partial charge in [-0.1, -0.05) is 30.3 Å². The normalized spacial score (nSPS) is 17.7. The van der Waals surface area contributed by atoms with Gasteiger partial charge in [-0.3, -0.25) is 4.99 Å². The molecule has 0 amide bonds. The second-order valence-electron chi connectivity index (χ2n) is 5.87. The predicted molar refractivity (Wildman–Crippen MR) is 94.0 cm³/mol. The molecule has 0 unspecified atom stereocenters. The molecule has 1 aromatic carbocycles. The van der Waals surface area contributed by atoms with Gasteiger partial charge in [0.1, 0.15) is 0 Å². The molecule has 1 fully saturated rings. The summed E-state index contributed by atoms with van der Waals surface area (Å²) in [6, 6.07) is 10.7. The van der Waals surface area contributed by atoms with Crippen molar-refractivity contribution in [3.63, 3.8) is 0 Å². The number of nitrogens with one attached hydrogen (secondary N) is 2. The number of nitrogens with zero attached hydrogens (tertiary/aromatic N) is 1. The number of aliphatic imine (C=N–C) groups is 1. The molecule has 23 heavy (non-hydrogen) atoms. The molecule has 1 aliphatic rings. The largest absolute Gasteiger partial charge is 0.383 e. The molecule has 0 saturated carbocycles. The number of ether oxygens (including phenoxy) is 2. The molecular formula is C18H29N3O2. The lowest BCUT2D eigenvalue weighted by atomic mass is 9.74. The SMILES string of the molecule is CCNC(=NCC1(c2ccccc2)CCOCC1)NCCOC. The molecule has 1 heterocycles. The van der Waals surface area contributed by atoms with Crippen molar-refractivity contribution in [3.8, 4) is 0 Å². The lowest BCUT2D eigenvalue weighted by molar-refractivity contribution is 0.0531. The van der Waals surface area contributed by atoms with Crippen molar-refractivity contribution in [2.75, 3.05) is 46.6 Å². The third kappa shape index (κ3) is 5.22. The zero-order valence-electron chi connectivity index (χ0n) is 14.3. The average Bonchev–Trinajstić information content (AvgIpc) is 2.61. The first-order valence-corrected chi connectivity index (χ1v) is 8.45. The van der Waals surface area contributed by atoms with Crippen LogP contribution in [0.15, 0.2) is 35.3 Å². The van der Waals surface area contributed by atoms with E-state index in [1.54, 1.807) is 7.11 Å². The molecule has 128 valence electrons. The van der Waals surface area contributed by atoms with Crippen LogP contribution in [0.2, 0.25) is 0 Å². The minimum Gasteiger partial charge on any atom is -0.383 e. The van der Waals surface area contributed by atoms with E-state index in [0.717, 1.165) is 51.6 Å². The van der Waals surface area contributed by atoms with Gasteiger partial charge in [-0.25, -0.2) is 0 Å². The summed E-state index contributed by atoms with van der Waals surface area (Å²) in [6.45, 7) is 6.72. The molecule has 2 N–H and O–H groups in total. The number of rotatable bonds is 7. The minimum atomic E-state index is 0.0725. The van der Waals surface area contributed by atoms with Gasteiger partial charge in [0, 0.05) is 38.8 Å². The maximum Gasteiger partial charge on any atom is 0.191 e. The summed E-state index contributed by atoms with van der Waals surface area (Å²) < 4.78 is 10.7. The lowest BCUT2D eigenvalue weighted by Crippen LogP contribution is -2.42. The van der Waals surface area contributed by atoms with Gasteiger partial charge >= 0.3 is 0 Å². The molecule has 2 rings (SSSR count). The van der Waals surface area contributed by atoms with Crippen LogP contribution in [-0.2, 0) is 14.9 Å². The summed E-state index contributed by atoms with van der Waals surface area (Å²) in [6.07, 6.45) is 2.02. The highest BCUT2D eigenvalue weighted by molar-refractivity contribution is 5.79. The molecular weight excluding hydrogens is 290 g/mol. The Morgan fingerprint density at radius 2 is 1.96 bits per heavy atom. The van der Waals surface area contributed by atoms with E-state index in [0.29, 0.717) is 6.61 Å². The summed E-state index contributed by atoms with van der Waals surface area (Å²) in [5.41, 5.74) is 1.43. The van der Waals surface area contributed by atoms with Crippen LogP contribution in [0.5, 0.6) is 0 Å². The summed E-state index contributed by atoms with van der Waals surface area (Å²) in [5.74, 6) is 0.853. The van der Waals surface area contributed by atoms with Crippen LogP contribution in [0.25, 0.3) is 0 Å². The molecule has 1 aromatic rings. The van der Waals surface area contributed by atoms with Crippen molar-refractivity contribution in [2.45, 2.75) is 25.2 Å². The summed E-state index contributed by atoms with van der Waals surface area (Å²) >= 11 is 0. The Labute approximate surface area is 139 Å². The van der Waals surface area contributed by atoms with Gasteiger partial charge in [0.25, 0.3) is 0 Å². The standard InChI is InChI=1S/C18H29N3O2/c1-3-19-17(20-11-14-22-2)21-15-18(9-12-23-13-10-18)16-7-5-4-6-8-16/h4-8H,3,9-15H2,1-2H3,(H2,19,20,21). The summed E-state index contributed by atoms with van der Waals surface area (Å²) in [4.78, 5) is 4.84. The Bertz CT molecular complexity index is 470. The van der Waals surface area contributed by atoms with E-state index >= 15 is 0 Å². The van der Waals surface area contributed by atoms with Gasteiger partial charge in [0.05, 0.1) is 13.2 Å². The number of benzene rings is 1. The van der Waals surface area contributed by atoms with Crippen LogP contribution in [0.3, 0.4) is 0 Å². The molecule has 0 spiro atoms. The molecule has 0 radical (unpaired) electrons. The van der Waals surface area contributed by atoms with Crippen molar-refractivity contribution < 1.29 is 9.47 Å². The predicted octanol–water partition coefficient (Wildman–Crippen LogP) is 1.94. The van der Waals surface area contributed by atoms with Crippen molar-refractivity contribution in [1.82, 2.24) is 10.6 Å². The highest BCUT2D eigenvalue weighted by Gasteiger charge is 2.34. The molecule has 1 aliphatic heterocycles. The third-order valence-electron chi connectivity index (χ3n) is 4.32. The van der Waals surface area contributed by atoms with Crippen LogP contribution in [-0.4, -0.2) is 52.5 Å². The monoisotopic (exact) mass is 319 g/mol. The van der Waals surface area contributed by atoms with E-state index < -0.39 is 0 Å². The van der Waals surface area contributed by atoms with Crippen LogP contribution in [0.1, 0.15) is 25.3 Å². The van der Waals surface area contributed by atoms with E-state index in [2.05, 4.69) is 47.9 Å². The van der Waals surface area contributed by atoms with Gasteiger partial charge < -0.3 is 20.1 Å².